The van der Waals surface area contributed by atoms with Gasteiger partial charge in [-0.2, -0.15) is 0 Å². The van der Waals surface area contributed by atoms with E-state index < -0.39 is 50.0 Å². The van der Waals surface area contributed by atoms with Crippen molar-refractivity contribution in [2.75, 3.05) is 6.61 Å². The SMILES string of the molecule is Cc1ccc(S[C@@H]2OC(COC(=O)c3ccccc3)C(O[Si](C)(C)C(C)(C)C)[C@H](OC(=O)c3ccccc3)C2N)cc1. The molecule has 224 valence electrons. The molecule has 3 aromatic rings. The number of hydrogen-bond donors (Lipinski definition) is 1. The van der Waals surface area contributed by atoms with Gasteiger partial charge in [-0.25, -0.2) is 9.59 Å². The fourth-order valence-corrected chi connectivity index (χ4v) is 6.70. The molecule has 4 rings (SSSR count). The molecule has 9 heteroatoms. The third-order valence-electron chi connectivity index (χ3n) is 7.84. The molecule has 42 heavy (non-hydrogen) atoms. The lowest BCUT2D eigenvalue weighted by Crippen LogP contribution is -2.65. The van der Waals surface area contributed by atoms with E-state index in [0.717, 1.165) is 10.5 Å². The quantitative estimate of drug-likeness (QED) is 0.214. The highest BCUT2D eigenvalue weighted by molar-refractivity contribution is 7.99. The van der Waals surface area contributed by atoms with Crippen LogP contribution in [0.4, 0.5) is 0 Å². The number of thioether (sulfide) groups is 1. The lowest BCUT2D eigenvalue weighted by atomic mass is 9.98. The predicted octanol–water partition coefficient (Wildman–Crippen LogP) is 6.61. The summed E-state index contributed by atoms with van der Waals surface area (Å²) in [5.41, 5.74) is 8.25. The lowest BCUT2D eigenvalue weighted by molar-refractivity contribution is -0.163. The third-order valence-corrected chi connectivity index (χ3v) is 13.5. The minimum absolute atomic E-state index is 0.0932. The molecule has 5 atom stereocenters. The summed E-state index contributed by atoms with van der Waals surface area (Å²) < 4.78 is 25.4. The van der Waals surface area contributed by atoms with E-state index in [-0.39, 0.29) is 11.6 Å². The Morgan fingerprint density at radius 2 is 1.40 bits per heavy atom. The van der Waals surface area contributed by atoms with Gasteiger partial charge in [0.2, 0.25) is 0 Å². The topological polar surface area (TPSA) is 97.1 Å². The Morgan fingerprint density at radius 1 is 0.857 bits per heavy atom. The highest BCUT2D eigenvalue weighted by Gasteiger charge is 2.52. The van der Waals surface area contributed by atoms with E-state index in [1.165, 1.54) is 11.8 Å². The molecule has 1 aliphatic rings. The van der Waals surface area contributed by atoms with E-state index in [4.69, 9.17) is 24.4 Å². The number of ether oxygens (including phenoxy) is 3. The number of carbonyl (C=O) groups excluding carboxylic acids is 2. The molecule has 7 nitrogen and oxygen atoms in total. The molecule has 0 spiro atoms. The van der Waals surface area contributed by atoms with Crippen LogP contribution in [-0.2, 0) is 18.6 Å². The van der Waals surface area contributed by atoms with Crippen LogP contribution in [0.3, 0.4) is 0 Å². The monoisotopic (exact) mass is 607 g/mol. The van der Waals surface area contributed by atoms with Crippen LogP contribution < -0.4 is 5.73 Å². The van der Waals surface area contributed by atoms with Crippen molar-refractivity contribution in [1.82, 2.24) is 0 Å². The minimum Gasteiger partial charge on any atom is -0.459 e. The lowest BCUT2D eigenvalue weighted by Gasteiger charge is -2.48. The molecule has 0 saturated carbocycles. The zero-order valence-electron chi connectivity index (χ0n) is 25.1. The number of carbonyl (C=O) groups is 2. The molecular formula is C33H41NO6SSi. The van der Waals surface area contributed by atoms with Gasteiger partial charge in [-0.15, -0.1) is 0 Å². The maximum Gasteiger partial charge on any atom is 0.338 e. The third kappa shape index (κ3) is 7.90. The van der Waals surface area contributed by atoms with E-state index in [1.54, 1.807) is 48.5 Å². The van der Waals surface area contributed by atoms with Crippen molar-refractivity contribution in [1.29, 1.82) is 0 Å². The fourth-order valence-electron chi connectivity index (χ4n) is 4.30. The first-order valence-corrected chi connectivity index (χ1v) is 17.9. The van der Waals surface area contributed by atoms with E-state index in [1.807, 2.05) is 43.3 Å². The molecule has 2 N–H and O–H groups in total. The zero-order valence-corrected chi connectivity index (χ0v) is 26.9. The van der Waals surface area contributed by atoms with Gasteiger partial charge in [-0.3, -0.25) is 0 Å². The second-order valence-electron chi connectivity index (χ2n) is 12.1. The number of esters is 2. The Labute approximate surface area is 254 Å². The molecule has 1 saturated heterocycles. The van der Waals surface area contributed by atoms with Crippen molar-refractivity contribution in [2.45, 2.75) is 80.5 Å². The average molecular weight is 608 g/mol. The standard InChI is InChI=1S/C33H41NO6SSi/c1-22-17-19-25(20-18-22)41-32-27(34)29(39-31(36)24-15-11-8-12-16-24)28(40-42(5,6)33(2,3)4)26(38-32)21-37-30(35)23-13-9-7-10-14-23/h7-20,26-29,32H,21,34H2,1-6H3/t26?,27?,28?,29-,32+/m1/s1. The first-order chi connectivity index (χ1) is 19.9. The van der Waals surface area contributed by atoms with E-state index in [0.29, 0.717) is 11.1 Å². The van der Waals surface area contributed by atoms with Gasteiger partial charge in [0, 0.05) is 4.90 Å². The first kappa shape index (κ1) is 32.0. The molecule has 0 radical (unpaired) electrons. The summed E-state index contributed by atoms with van der Waals surface area (Å²) in [6.07, 6.45) is -2.35. The Kier molecular flexibility index (Phi) is 10.3. The van der Waals surface area contributed by atoms with Crippen molar-refractivity contribution < 1.29 is 28.2 Å². The second kappa shape index (κ2) is 13.6. The molecule has 3 aromatic carbocycles. The Balaban J connectivity index is 1.68. The molecule has 0 aromatic heterocycles. The van der Waals surface area contributed by atoms with Crippen LogP contribution in [-0.4, -0.2) is 56.7 Å². The highest BCUT2D eigenvalue weighted by atomic mass is 32.2. The van der Waals surface area contributed by atoms with Gasteiger partial charge in [0.15, 0.2) is 8.32 Å². The van der Waals surface area contributed by atoms with Gasteiger partial charge >= 0.3 is 11.9 Å². The van der Waals surface area contributed by atoms with Crippen molar-refractivity contribution >= 4 is 32.0 Å². The molecule has 0 amide bonds. The van der Waals surface area contributed by atoms with Crippen LogP contribution in [0.5, 0.6) is 0 Å². The predicted molar refractivity (Wildman–Crippen MR) is 168 cm³/mol. The van der Waals surface area contributed by atoms with Gasteiger partial charge in [-0.05, 0) is 61.5 Å². The first-order valence-electron chi connectivity index (χ1n) is 14.2. The van der Waals surface area contributed by atoms with Gasteiger partial charge in [0.25, 0.3) is 0 Å². The van der Waals surface area contributed by atoms with Crippen molar-refractivity contribution in [3.63, 3.8) is 0 Å². The number of benzene rings is 3. The van der Waals surface area contributed by atoms with Crippen molar-refractivity contribution in [3.05, 3.63) is 102 Å². The van der Waals surface area contributed by atoms with Crippen molar-refractivity contribution in [2.24, 2.45) is 5.73 Å². The molecule has 0 bridgehead atoms. The maximum absolute atomic E-state index is 13.4. The summed E-state index contributed by atoms with van der Waals surface area (Å²) >= 11 is 1.44. The fraction of sp³-hybridized carbons (Fsp3) is 0.394. The maximum atomic E-state index is 13.4. The van der Waals surface area contributed by atoms with Gasteiger partial charge in [0.05, 0.1) is 17.2 Å². The molecule has 3 unspecified atom stereocenters. The molecule has 0 aliphatic carbocycles. The van der Waals surface area contributed by atoms with Crippen LogP contribution in [0, 0.1) is 6.92 Å². The van der Waals surface area contributed by atoms with Gasteiger partial charge in [0.1, 0.15) is 30.4 Å². The summed E-state index contributed by atoms with van der Waals surface area (Å²) in [5.74, 6) is -0.971. The van der Waals surface area contributed by atoms with Crippen LogP contribution in [0.15, 0.2) is 89.8 Å². The highest BCUT2D eigenvalue weighted by Crippen LogP contribution is 2.41. The van der Waals surface area contributed by atoms with E-state index >= 15 is 0 Å². The number of aryl methyl sites for hydroxylation is 1. The largest absolute Gasteiger partial charge is 0.459 e. The van der Waals surface area contributed by atoms with E-state index in [9.17, 15) is 9.59 Å². The van der Waals surface area contributed by atoms with Crippen LogP contribution in [0.25, 0.3) is 0 Å². The Hall–Kier alpha value is -2.95. The summed E-state index contributed by atoms with van der Waals surface area (Å²) in [7, 11) is -2.43. The number of nitrogens with two attached hydrogens (primary N) is 1. The summed E-state index contributed by atoms with van der Waals surface area (Å²) in [5, 5.41) is -0.149. The summed E-state index contributed by atoms with van der Waals surface area (Å²) in [4.78, 5) is 27.3. The number of hydrogen-bond acceptors (Lipinski definition) is 8. The zero-order chi connectivity index (χ0) is 30.5. The number of rotatable bonds is 9. The van der Waals surface area contributed by atoms with Crippen LogP contribution >= 0.6 is 11.8 Å². The van der Waals surface area contributed by atoms with Crippen molar-refractivity contribution in [3.8, 4) is 0 Å². The smallest absolute Gasteiger partial charge is 0.338 e. The summed E-state index contributed by atoms with van der Waals surface area (Å²) in [6, 6.07) is 24.9. The molecule has 1 aliphatic heterocycles. The normalized spacial score (nSPS) is 22.8. The summed E-state index contributed by atoms with van der Waals surface area (Å²) in [6.45, 7) is 12.6. The minimum atomic E-state index is -2.43. The van der Waals surface area contributed by atoms with E-state index in [2.05, 4.69) is 33.9 Å². The van der Waals surface area contributed by atoms with Crippen LogP contribution in [0.2, 0.25) is 18.1 Å². The van der Waals surface area contributed by atoms with Gasteiger partial charge in [-0.1, -0.05) is 86.6 Å². The average Bonchev–Trinajstić information content (AvgIpc) is 2.96. The molecule has 1 fully saturated rings. The van der Waals surface area contributed by atoms with Gasteiger partial charge < -0.3 is 24.4 Å². The molecular weight excluding hydrogens is 567 g/mol. The molecule has 1 heterocycles. The Morgan fingerprint density at radius 3 is 1.95 bits per heavy atom. The van der Waals surface area contributed by atoms with Crippen LogP contribution in [0.1, 0.15) is 47.1 Å². The Bertz CT molecular complexity index is 1330. The second-order valence-corrected chi connectivity index (χ2v) is 18.0.